The molecular weight excluding hydrogens is 156 g/mol. The molecule has 0 aliphatic heterocycles. The highest BCUT2D eigenvalue weighted by atomic mass is 35.5. The van der Waals surface area contributed by atoms with Crippen LogP contribution in [-0.2, 0) is 0 Å². The molecule has 0 rings (SSSR count). The Labute approximate surface area is 76.3 Å². The summed E-state index contributed by atoms with van der Waals surface area (Å²) in [6.07, 6.45) is 2.29. The molecule has 0 bridgehead atoms. The van der Waals surface area contributed by atoms with Crippen molar-refractivity contribution >= 4 is 11.6 Å². The van der Waals surface area contributed by atoms with Gasteiger partial charge in [0.05, 0.1) is 0 Å². The van der Waals surface area contributed by atoms with E-state index in [0.29, 0.717) is 11.8 Å². The highest BCUT2D eigenvalue weighted by Gasteiger charge is 2.27. The fourth-order valence-electron chi connectivity index (χ4n) is 1.43. The molecule has 2 atom stereocenters. The minimum Gasteiger partial charge on any atom is -0.119 e. The Morgan fingerprint density at radius 3 is 2.00 bits per heavy atom. The van der Waals surface area contributed by atoms with Crippen molar-refractivity contribution in [3.05, 3.63) is 0 Å². The molecule has 0 N–H and O–H groups in total. The van der Waals surface area contributed by atoms with Gasteiger partial charge < -0.3 is 0 Å². The second kappa shape index (κ2) is 4.35. The van der Waals surface area contributed by atoms with Gasteiger partial charge in [-0.3, -0.25) is 0 Å². The Hall–Kier alpha value is 0.290. The van der Waals surface area contributed by atoms with Crippen LogP contribution in [0.3, 0.4) is 0 Å². The van der Waals surface area contributed by atoms with Gasteiger partial charge >= 0.3 is 0 Å². The smallest absolute Gasteiger partial charge is 0.0446 e. The summed E-state index contributed by atoms with van der Waals surface area (Å²) in [6.45, 7) is 11.0. The van der Waals surface area contributed by atoms with Gasteiger partial charge in [0.25, 0.3) is 0 Å². The zero-order chi connectivity index (χ0) is 9.07. The second-order valence-corrected chi connectivity index (χ2v) is 5.05. The normalized spacial score (nSPS) is 19.9. The Morgan fingerprint density at radius 1 is 1.27 bits per heavy atom. The summed E-state index contributed by atoms with van der Waals surface area (Å²) in [4.78, 5) is 0.00289. The van der Waals surface area contributed by atoms with E-state index in [0.717, 1.165) is 6.42 Å². The van der Waals surface area contributed by atoms with E-state index in [1.54, 1.807) is 0 Å². The molecule has 0 radical (unpaired) electrons. The first-order chi connectivity index (χ1) is 4.90. The van der Waals surface area contributed by atoms with Gasteiger partial charge in [-0.2, -0.15) is 0 Å². The zero-order valence-corrected chi connectivity index (χ0v) is 9.20. The van der Waals surface area contributed by atoms with Crippen LogP contribution in [0.1, 0.15) is 47.5 Å². The Balaban J connectivity index is 3.98. The number of halogens is 1. The van der Waals surface area contributed by atoms with Crippen LogP contribution in [-0.4, -0.2) is 4.87 Å². The summed E-state index contributed by atoms with van der Waals surface area (Å²) in [5.74, 6) is 1.32. The lowest BCUT2D eigenvalue weighted by Gasteiger charge is -2.30. The van der Waals surface area contributed by atoms with Gasteiger partial charge in [0.2, 0.25) is 0 Å². The van der Waals surface area contributed by atoms with Crippen LogP contribution in [0.15, 0.2) is 0 Å². The topological polar surface area (TPSA) is 0 Å². The molecule has 11 heavy (non-hydrogen) atoms. The maximum absolute atomic E-state index is 6.38. The predicted octanol–water partition coefficient (Wildman–Crippen LogP) is 4.08. The van der Waals surface area contributed by atoms with Gasteiger partial charge in [-0.1, -0.05) is 34.1 Å². The van der Waals surface area contributed by atoms with Gasteiger partial charge in [0, 0.05) is 4.87 Å². The first-order valence-corrected chi connectivity index (χ1v) is 4.96. The summed E-state index contributed by atoms with van der Waals surface area (Å²) in [5.41, 5.74) is 0. The number of alkyl halides is 1. The molecule has 68 valence electrons. The molecule has 0 saturated heterocycles. The molecule has 0 aliphatic rings. The zero-order valence-electron chi connectivity index (χ0n) is 8.45. The fourth-order valence-corrected chi connectivity index (χ4v) is 1.89. The van der Waals surface area contributed by atoms with E-state index in [4.69, 9.17) is 11.6 Å². The van der Waals surface area contributed by atoms with Crippen molar-refractivity contribution in [2.75, 3.05) is 0 Å². The third-order valence-electron chi connectivity index (χ3n) is 2.45. The van der Waals surface area contributed by atoms with E-state index in [-0.39, 0.29) is 4.87 Å². The maximum atomic E-state index is 6.38. The summed E-state index contributed by atoms with van der Waals surface area (Å²) in [7, 11) is 0. The maximum Gasteiger partial charge on any atom is 0.0446 e. The van der Waals surface area contributed by atoms with Crippen LogP contribution in [0, 0.1) is 11.8 Å². The SMILES string of the molecule is CCC(C)C(C)(Cl)CC(C)C. The highest BCUT2D eigenvalue weighted by molar-refractivity contribution is 6.23. The van der Waals surface area contributed by atoms with Crippen LogP contribution in [0.2, 0.25) is 0 Å². The standard InChI is InChI=1S/C10H21Cl/c1-6-9(4)10(5,11)7-8(2)3/h8-9H,6-7H2,1-5H3. The van der Waals surface area contributed by atoms with Crippen molar-refractivity contribution in [2.45, 2.75) is 52.3 Å². The average molecular weight is 177 g/mol. The lowest BCUT2D eigenvalue weighted by molar-refractivity contribution is 0.347. The van der Waals surface area contributed by atoms with Gasteiger partial charge in [-0.25, -0.2) is 0 Å². The molecule has 0 nitrogen and oxygen atoms in total. The third-order valence-corrected chi connectivity index (χ3v) is 2.97. The molecular formula is C10H21Cl. The Kier molecular flexibility index (Phi) is 4.46. The molecule has 1 heteroatoms. The number of hydrogen-bond donors (Lipinski definition) is 0. The van der Waals surface area contributed by atoms with Crippen molar-refractivity contribution in [3.63, 3.8) is 0 Å². The van der Waals surface area contributed by atoms with E-state index in [2.05, 4.69) is 34.6 Å². The van der Waals surface area contributed by atoms with Crippen LogP contribution in [0.4, 0.5) is 0 Å². The minimum atomic E-state index is 0.00289. The van der Waals surface area contributed by atoms with E-state index < -0.39 is 0 Å². The first-order valence-electron chi connectivity index (χ1n) is 4.59. The third kappa shape index (κ3) is 4.00. The molecule has 0 aromatic heterocycles. The predicted molar refractivity (Wildman–Crippen MR) is 53.2 cm³/mol. The van der Waals surface area contributed by atoms with Gasteiger partial charge in [-0.15, -0.1) is 11.6 Å². The Morgan fingerprint density at radius 2 is 1.73 bits per heavy atom. The number of hydrogen-bond acceptors (Lipinski definition) is 0. The molecule has 0 spiro atoms. The van der Waals surface area contributed by atoms with E-state index in [9.17, 15) is 0 Å². The summed E-state index contributed by atoms with van der Waals surface area (Å²) < 4.78 is 0. The summed E-state index contributed by atoms with van der Waals surface area (Å²) in [5, 5.41) is 0. The van der Waals surface area contributed by atoms with Crippen LogP contribution in [0.25, 0.3) is 0 Å². The summed E-state index contributed by atoms with van der Waals surface area (Å²) in [6, 6.07) is 0. The van der Waals surface area contributed by atoms with Gasteiger partial charge in [-0.05, 0) is 25.2 Å². The monoisotopic (exact) mass is 176 g/mol. The minimum absolute atomic E-state index is 0.00289. The molecule has 0 amide bonds. The fraction of sp³-hybridized carbons (Fsp3) is 1.00. The lowest BCUT2D eigenvalue weighted by Crippen LogP contribution is -2.27. The molecule has 0 aromatic carbocycles. The molecule has 0 saturated carbocycles. The van der Waals surface area contributed by atoms with Crippen LogP contribution >= 0.6 is 11.6 Å². The molecule has 0 aliphatic carbocycles. The molecule has 0 fully saturated rings. The molecule has 0 heterocycles. The van der Waals surface area contributed by atoms with Crippen molar-refractivity contribution in [2.24, 2.45) is 11.8 Å². The largest absolute Gasteiger partial charge is 0.119 e. The van der Waals surface area contributed by atoms with Crippen molar-refractivity contribution in [1.82, 2.24) is 0 Å². The highest BCUT2D eigenvalue weighted by Crippen LogP contribution is 2.33. The average Bonchev–Trinajstić information content (AvgIpc) is 1.83. The van der Waals surface area contributed by atoms with Gasteiger partial charge in [0.1, 0.15) is 0 Å². The van der Waals surface area contributed by atoms with Crippen LogP contribution in [0.5, 0.6) is 0 Å². The first kappa shape index (κ1) is 11.3. The summed E-state index contributed by atoms with van der Waals surface area (Å²) >= 11 is 6.38. The quantitative estimate of drug-likeness (QED) is 0.567. The van der Waals surface area contributed by atoms with Crippen molar-refractivity contribution in [1.29, 1.82) is 0 Å². The van der Waals surface area contributed by atoms with Gasteiger partial charge in [0.15, 0.2) is 0 Å². The second-order valence-electron chi connectivity index (χ2n) is 4.19. The van der Waals surface area contributed by atoms with Crippen LogP contribution < -0.4 is 0 Å². The lowest BCUT2D eigenvalue weighted by atomic mass is 9.86. The van der Waals surface area contributed by atoms with E-state index in [1.807, 2.05) is 0 Å². The molecule has 0 aromatic rings. The van der Waals surface area contributed by atoms with E-state index in [1.165, 1.54) is 6.42 Å². The van der Waals surface area contributed by atoms with E-state index >= 15 is 0 Å². The van der Waals surface area contributed by atoms with Crippen molar-refractivity contribution in [3.8, 4) is 0 Å². The van der Waals surface area contributed by atoms with Crippen molar-refractivity contribution < 1.29 is 0 Å². The number of rotatable bonds is 4. The Bertz CT molecular complexity index is 105. The molecule has 2 unspecified atom stereocenters.